The summed E-state index contributed by atoms with van der Waals surface area (Å²) in [5.74, 6) is -0.365. The van der Waals surface area contributed by atoms with Crippen LogP contribution in [0, 0.1) is 5.92 Å². The van der Waals surface area contributed by atoms with Crippen molar-refractivity contribution in [1.82, 2.24) is 5.32 Å². The Morgan fingerprint density at radius 3 is 2.40 bits per heavy atom. The first-order valence-electron chi connectivity index (χ1n) is 7.76. The van der Waals surface area contributed by atoms with Gasteiger partial charge in [0, 0.05) is 6.54 Å². The standard InChI is InChI=1S/C15H25NO4/c17-13(16-10-12-6-2-1-3-7-12)11-20-14(18)15(19)8-4-5-9-15/h12,19H,1-11H2,(H,16,17). The largest absolute Gasteiger partial charge is 0.453 e. The minimum atomic E-state index is -1.36. The summed E-state index contributed by atoms with van der Waals surface area (Å²) in [5.41, 5.74) is -1.36. The summed E-state index contributed by atoms with van der Waals surface area (Å²) in [4.78, 5) is 23.4. The molecular weight excluding hydrogens is 258 g/mol. The predicted molar refractivity (Wildman–Crippen MR) is 74.0 cm³/mol. The molecule has 0 aromatic rings. The lowest BCUT2D eigenvalue weighted by Crippen LogP contribution is -2.40. The third-order valence-corrected chi connectivity index (χ3v) is 4.46. The normalized spacial score (nSPS) is 22.4. The van der Waals surface area contributed by atoms with Gasteiger partial charge in [0.05, 0.1) is 0 Å². The molecule has 114 valence electrons. The minimum Gasteiger partial charge on any atom is -0.453 e. The van der Waals surface area contributed by atoms with Gasteiger partial charge in [-0.2, -0.15) is 0 Å². The maximum Gasteiger partial charge on any atom is 0.338 e. The number of esters is 1. The molecule has 0 radical (unpaired) electrons. The van der Waals surface area contributed by atoms with E-state index in [1.54, 1.807) is 0 Å². The lowest BCUT2D eigenvalue weighted by atomic mass is 9.89. The van der Waals surface area contributed by atoms with Gasteiger partial charge in [-0.25, -0.2) is 4.79 Å². The van der Waals surface area contributed by atoms with Crippen molar-refractivity contribution in [2.45, 2.75) is 63.4 Å². The van der Waals surface area contributed by atoms with Gasteiger partial charge in [0.1, 0.15) is 0 Å². The number of rotatable bonds is 5. The van der Waals surface area contributed by atoms with Gasteiger partial charge in [0.15, 0.2) is 12.2 Å². The molecule has 0 aromatic heterocycles. The van der Waals surface area contributed by atoms with E-state index in [1.807, 2.05) is 0 Å². The molecule has 2 N–H and O–H groups in total. The van der Waals surface area contributed by atoms with Crippen molar-refractivity contribution >= 4 is 11.9 Å². The Labute approximate surface area is 120 Å². The van der Waals surface area contributed by atoms with Gasteiger partial charge in [-0.3, -0.25) is 4.79 Å². The van der Waals surface area contributed by atoms with Crippen LogP contribution in [0.2, 0.25) is 0 Å². The Morgan fingerprint density at radius 1 is 1.10 bits per heavy atom. The zero-order chi connectivity index (χ0) is 14.4. The topological polar surface area (TPSA) is 75.6 Å². The smallest absolute Gasteiger partial charge is 0.338 e. The third-order valence-electron chi connectivity index (χ3n) is 4.46. The molecule has 2 fully saturated rings. The van der Waals surface area contributed by atoms with Crippen LogP contribution in [0.5, 0.6) is 0 Å². The third kappa shape index (κ3) is 4.20. The van der Waals surface area contributed by atoms with E-state index in [1.165, 1.54) is 32.1 Å². The highest BCUT2D eigenvalue weighted by Crippen LogP contribution is 2.30. The van der Waals surface area contributed by atoms with Gasteiger partial charge in [0.2, 0.25) is 0 Å². The minimum absolute atomic E-state index is 0.273. The Morgan fingerprint density at radius 2 is 1.75 bits per heavy atom. The Balaban J connectivity index is 1.63. The van der Waals surface area contributed by atoms with Crippen LogP contribution in [-0.4, -0.2) is 35.7 Å². The molecule has 0 aliphatic heterocycles. The molecule has 0 bridgehead atoms. The molecule has 0 unspecified atom stereocenters. The molecule has 0 atom stereocenters. The number of hydrogen-bond acceptors (Lipinski definition) is 4. The SMILES string of the molecule is O=C(COC(=O)C1(O)CCCC1)NCC1CCCCC1. The average molecular weight is 283 g/mol. The summed E-state index contributed by atoms with van der Waals surface area (Å²) in [6.07, 6.45) is 8.65. The van der Waals surface area contributed by atoms with Crippen molar-refractivity contribution in [3.05, 3.63) is 0 Å². The molecule has 5 nitrogen and oxygen atoms in total. The molecule has 5 heteroatoms. The number of carbonyl (C=O) groups is 2. The number of ether oxygens (including phenoxy) is 1. The van der Waals surface area contributed by atoms with Crippen molar-refractivity contribution < 1.29 is 19.4 Å². The highest BCUT2D eigenvalue weighted by molar-refractivity contribution is 5.84. The summed E-state index contributed by atoms with van der Waals surface area (Å²) in [6.45, 7) is 0.383. The van der Waals surface area contributed by atoms with Crippen LogP contribution < -0.4 is 5.32 Å². The zero-order valence-corrected chi connectivity index (χ0v) is 12.0. The fraction of sp³-hybridized carbons (Fsp3) is 0.867. The van der Waals surface area contributed by atoms with Gasteiger partial charge >= 0.3 is 5.97 Å². The quantitative estimate of drug-likeness (QED) is 0.750. The van der Waals surface area contributed by atoms with Crippen LogP contribution in [0.25, 0.3) is 0 Å². The number of carbonyl (C=O) groups excluding carboxylic acids is 2. The number of aliphatic hydroxyl groups is 1. The highest BCUT2D eigenvalue weighted by atomic mass is 16.6. The molecule has 2 aliphatic rings. The Hall–Kier alpha value is -1.10. The molecule has 2 saturated carbocycles. The molecule has 0 aromatic carbocycles. The molecular formula is C15H25NO4. The van der Waals surface area contributed by atoms with Crippen molar-refractivity contribution in [3.63, 3.8) is 0 Å². The van der Waals surface area contributed by atoms with Crippen molar-refractivity contribution in [2.24, 2.45) is 5.92 Å². The van der Waals surface area contributed by atoms with E-state index in [0.29, 0.717) is 25.3 Å². The fourth-order valence-electron chi connectivity index (χ4n) is 3.13. The van der Waals surface area contributed by atoms with E-state index < -0.39 is 11.6 Å². The number of amides is 1. The summed E-state index contributed by atoms with van der Waals surface area (Å²) >= 11 is 0. The summed E-state index contributed by atoms with van der Waals surface area (Å²) in [6, 6.07) is 0. The van der Waals surface area contributed by atoms with Gasteiger partial charge in [-0.15, -0.1) is 0 Å². The van der Waals surface area contributed by atoms with E-state index >= 15 is 0 Å². The molecule has 1 amide bonds. The highest BCUT2D eigenvalue weighted by Gasteiger charge is 2.40. The van der Waals surface area contributed by atoms with E-state index in [0.717, 1.165) is 12.8 Å². The first-order valence-corrected chi connectivity index (χ1v) is 7.76. The fourth-order valence-corrected chi connectivity index (χ4v) is 3.13. The Bertz CT molecular complexity index is 344. The monoisotopic (exact) mass is 283 g/mol. The number of hydrogen-bond donors (Lipinski definition) is 2. The first kappa shape index (κ1) is 15.3. The Kier molecular flexibility index (Phi) is 5.40. The van der Waals surface area contributed by atoms with Crippen molar-refractivity contribution in [2.75, 3.05) is 13.2 Å². The van der Waals surface area contributed by atoms with Crippen LogP contribution in [-0.2, 0) is 14.3 Å². The predicted octanol–water partition coefficient (Wildman–Crippen LogP) is 1.53. The average Bonchev–Trinajstić information content (AvgIpc) is 2.92. The van der Waals surface area contributed by atoms with Gasteiger partial charge in [-0.1, -0.05) is 19.3 Å². The second-order valence-electron chi connectivity index (χ2n) is 6.12. The summed E-state index contributed by atoms with van der Waals surface area (Å²) in [7, 11) is 0. The van der Waals surface area contributed by atoms with E-state index in [2.05, 4.69) is 5.32 Å². The molecule has 0 saturated heterocycles. The van der Waals surface area contributed by atoms with Crippen LogP contribution in [0.15, 0.2) is 0 Å². The van der Waals surface area contributed by atoms with Gasteiger partial charge in [-0.05, 0) is 44.4 Å². The molecule has 2 rings (SSSR count). The van der Waals surface area contributed by atoms with Gasteiger partial charge < -0.3 is 15.2 Å². The van der Waals surface area contributed by atoms with E-state index in [4.69, 9.17) is 4.74 Å². The molecule has 0 spiro atoms. The van der Waals surface area contributed by atoms with Crippen molar-refractivity contribution in [3.8, 4) is 0 Å². The molecule has 0 heterocycles. The van der Waals surface area contributed by atoms with Crippen LogP contribution in [0.4, 0.5) is 0 Å². The lowest BCUT2D eigenvalue weighted by Gasteiger charge is -2.22. The second-order valence-corrected chi connectivity index (χ2v) is 6.12. The maximum absolute atomic E-state index is 11.7. The van der Waals surface area contributed by atoms with Crippen LogP contribution >= 0.6 is 0 Å². The van der Waals surface area contributed by atoms with Crippen LogP contribution in [0.1, 0.15) is 57.8 Å². The van der Waals surface area contributed by atoms with Crippen molar-refractivity contribution in [1.29, 1.82) is 0 Å². The second kappa shape index (κ2) is 7.07. The zero-order valence-electron chi connectivity index (χ0n) is 12.0. The number of nitrogens with one attached hydrogen (secondary N) is 1. The molecule has 20 heavy (non-hydrogen) atoms. The van der Waals surface area contributed by atoms with Crippen LogP contribution in [0.3, 0.4) is 0 Å². The van der Waals surface area contributed by atoms with Gasteiger partial charge in [0.25, 0.3) is 5.91 Å². The lowest BCUT2D eigenvalue weighted by molar-refractivity contribution is -0.167. The summed E-state index contributed by atoms with van der Waals surface area (Å²) in [5, 5.41) is 12.8. The molecule has 2 aliphatic carbocycles. The maximum atomic E-state index is 11.7. The van der Waals surface area contributed by atoms with E-state index in [9.17, 15) is 14.7 Å². The summed E-state index contributed by atoms with van der Waals surface area (Å²) < 4.78 is 4.93. The van der Waals surface area contributed by atoms with E-state index in [-0.39, 0.29) is 12.5 Å². The first-order chi connectivity index (χ1) is 9.60.